The van der Waals surface area contributed by atoms with Crippen LogP contribution in [-0.2, 0) is 0 Å². The molecule has 0 amide bonds. The number of hydrogen-bond acceptors (Lipinski definition) is 5. The lowest BCUT2D eigenvalue weighted by molar-refractivity contribution is 1.28. The van der Waals surface area contributed by atoms with Crippen LogP contribution in [0.2, 0.25) is 0 Å². The van der Waals surface area contributed by atoms with E-state index in [9.17, 15) is 0 Å². The molecule has 2 heterocycles. The second-order valence-corrected chi connectivity index (χ2v) is 21.7. The fraction of sp³-hybridized carbons (Fsp3) is 0. The maximum absolute atomic E-state index is 5.55. The Morgan fingerprint density at radius 1 is 0.161 bits per heavy atom. The Labute approximate surface area is 506 Å². The van der Waals surface area contributed by atoms with Gasteiger partial charge in [0.1, 0.15) is 0 Å². The van der Waals surface area contributed by atoms with Crippen LogP contribution in [-0.4, -0.2) is 19.9 Å². The number of para-hydroxylation sites is 4. The lowest BCUT2D eigenvalue weighted by atomic mass is 9.89. The summed E-state index contributed by atoms with van der Waals surface area (Å²) in [7, 11) is 0. The van der Waals surface area contributed by atoms with Crippen LogP contribution in [0.4, 0.5) is 17.1 Å². The summed E-state index contributed by atoms with van der Waals surface area (Å²) >= 11 is 0. The van der Waals surface area contributed by atoms with Crippen molar-refractivity contribution in [2.75, 3.05) is 4.90 Å². The lowest BCUT2D eigenvalue weighted by Gasteiger charge is -2.27. The molecule has 0 N–H and O–H groups in total. The summed E-state index contributed by atoms with van der Waals surface area (Å²) in [4.78, 5) is 24.2. The van der Waals surface area contributed by atoms with Crippen molar-refractivity contribution < 1.29 is 0 Å². The van der Waals surface area contributed by atoms with Crippen molar-refractivity contribution in [1.82, 2.24) is 19.9 Å². The normalized spacial score (nSPS) is 11.2. The van der Waals surface area contributed by atoms with Gasteiger partial charge < -0.3 is 4.90 Å². The molecular formula is C82H55N5. The van der Waals surface area contributed by atoms with Gasteiger partial charge in [0.2, 0.25) is 0 Å². The molecule has 0 aliphatic carbocycles. The zero-order chi connectivity index (χ0) is 57.9. The number of anilines is 3. The Hall–Kier alpha value is -11.7. The van der Waals surface area contributed by atoms with E-state index in [2.05, 4.69) is 302 Å². The monoisotopic (exact) mass is 1110 g/mol. The molecule has 15 rings (SSSR count). The van der Waals surface area contributed by atoms with Gasteiger partial charge in [-0.05, 0) is 140 Å². The second-order valence-electron chi connectivity index (χ2n) is 21.7. The van der Waals surface area contributed by atoms with Crippen LogP contribution in [0.15, 0.2) is 334 Å². The van der Waals surface area contributed by atoms with Crippen LogP contribution in [0.3, 0.4) is 0 Å². The number of aromatic nitrogens is 4. The molecule has 0 saturated carbocycles. The van der Waals surface area contributed by atoms with E-state index >= 15 is 0 Å². The molecule has 0 fully saturated rings. The van der Waals surface area contributed by atoms with Crippen molar-refractivity contribution in [1.29, 1.82) is 0 Å². The van der Waals surface area contributed by atoms with Crippen LogP contribution in [0.5, 0.6) is 0 Å². The van der Waals surface area contributed by atoms with Gasteiger partial charge in [0.15, 0.2) is 0 Å². The van der Waals surface area contributed by atoms with Gasteiger partial charge in [0.05, 0.1) is 44.8 Å². The summed E-state index contributed by atoms with van der Waals surface area (Å²) in [6.45, 7) is 0. The van der Waals surface area contributed by atoms with E-state index in [0.717, 1.165) is 145 Å². The van der Waals surface area contributed by atoms with Crippen molar-refractivity contribution in [2.24, 2.45) is 0 Å². The van der Waals surface area contributed by atoms with Crippen molar-refractivity contribution >= 4 is 39.1 Å². The first-order valence-electron chi connectivity index (χ1n) is 29.4. The lowest BCUT2D eigenvalue weighted by Crippen LogP contribution is -2.10. The standard InChI is InChI=1S/C82H55N5/c1-5-24-56(25-6-1)57-46-49-66(50-47-57)87(67-36-22-33-62(53-67)61-32-21-35-65(52-61)79-80(84-76-43-18-17-42-75(76)83-79)72-40-15-13-38-69(72)58-26-7-2-8-27-58)68-37-23-34-63(54-68)64-48-51-71(60-30-11-4-12-31-60)74(55-64)82-81(85-77-44-19-20-45-78(77)86-82)73-41-16-14-39-70(73)59-28-9-3-10-29-59/h1-55H. The molecule has 0 bridgehead atoms. The molecule has 408 valence electrons. The number of rotatable bonds is 13. The average Bonchev–Trinajstić information content (AvgIpc) is 1.60. The highest BCUT2D eigenvalue weighted by Gasteiger charge is 2.23. The largest absolute Gasteiger partial charge is 0.310 e. The van der Waals surface area contributed by atoms with E-state index in [4.69, 9.17) is 19.9 Å². The van der Waals surface area contributed by atoms with Crippen LogP contribution >= 0.6 is 0 Å². The molecule has 2 aromatic heterocycles. The van der Waals surface area contributed by atoms with Gasteiger partial charge in [-0.1, -0.05) is 261 Å². The van der Waals surface area contributed by atoms with E-state index in [1.165, 1.54) is 5.56 Å². The number of fused-ring (bicyclic) bond motifs is 2. The smallest absolute Gasteiger partial charge is 0.0979 e. The van der Waals surface area contributed by atoms with Gasteiger partial charge >= 0.3 is 0 Å². The predicted octanol–water partition coefficient (Wildman–Crippen LogP) is 21.7. The summed E-state index contributed by atoms with van der Waals surface area (Å²) in [6, 6.07) is 118. The first kappa shape index (κ1) is 52.2. The maximum Gasteiger partial charge on any atom is 0.0979 e. The van der Waals surface area contributed by atoms with E-state index in [1.807, 2.05) is 36.4 Å². The fourth-order valence-corrected chi connectivity index (χ4v) is 12.0. The van der Waals surface area contributed by atoms with Gasteiger partial charge in [-0.3, -0.25) is 0 Å². The molecule has 0 unspecified atom stereocenters. The SMILES string of the molecule is c1ccc(-c2ccc(N(c3cccc(-c4cccc(-c5nc6ccccc6nc5-c5ccccc5-c5ccccc5)c4)c3)c3cccc(-c4ccc(-c5ccccc5)c(-c5nc6ccccc6nc5-c5ccccc5-c5ccccc5)c4)c3)cc2)cc1. The molecule has 0 saturated heterocycles. The summed E-state index contributed by atoms with van der Waals surface area (Å²) in [5.74, 6) is 0. The number of benzene rings is 13. The Kier molecular flexibility index (Phi) is 13.9. The minimum Gasteiger partial charge on any atom is -0.310 e. The molecule has 5 nitrogen and oxygen atoms in total. The van der Waals surface area contributed by atoms with Gasteiger partial charge in [-0.2, -0.15) is 0 Å². The van der Waals surface area contributed by atoms with Crippen molar-refractivity contribution in [3.05, 3.63) is 334 Å². The zero-order valence-electron chi connectivity index (χ0n) is 47.5. The van der Waals surface area contributed by atoms with E-state index in [-0.39, 0.29) is 0 Å². The zero-order valence-corrected chi connectivity index (χ0v) is 47.5. The first-order valence-corrected chi connectivity index (χ1v) is 29.4. The van der Waals surface area contributed by atoms with Crippen molar-refractivity contribution in [3.8, 4) is 112 Å². The van der Waals surface area contributed by atoms with E-state index in [1.54, 1.807) is 0 Å². The van der Waals surface area contributed by atoms with Gasteiger partial charge in [-0.25, -0.2) is 19.9 Å². The molecule has 15 aromatic rings. The van der Waals surface area contributed by atoms with Gasteiger partial charge in [0, 0.05) is 39.3 Å². The highest BCUT2D eigenvalue weighted by atomic mass is 15.1. The molecule has 87 heavy (non-hydrogen) atoms. The number of hydrogen-bond donors (Lipinski definition) is 0. The molecule has 13 aromatic carbocycles. The van der Waals surface area contributed by atoms with Crippen molar-refractivity contribution in [3.63, 3.8) is 0 Å². The second kappa shape index (κ2) is 23.2. The third kappa shape index (κ3) is 10.4. The summed E-state index contributed by atoms with van der Waals surface area (Å²) in [6.07, 6.45) is 0. The molecule has 0 aliphatic heterocycles. The predicted molar refractivity (Wildman–Crippen MR) is 362 cm³/mol. The third-order valence-electron chi connectivity index (χ3n) is 16.3. The summed E-state index contributed by atoms with van der Waals surface area (Å²) in [5, 5.41) is 0. The van der Waals surface area contributed by atoms with Crippen LogP contribution < -0.4 is 4.90 Å². The molecule has 0 spiro atoms. The van der Waals surface area contributed by atoms with Gasteiger partial charge in [-0.15, -0.1) is 0 Å². The average molecular weight is 1110 g/mol. The molecular weight excluding hydrogens is 1050 g/mol. The van der Waals surface area contributed by atoms with E-state index in [0.29, 0.717) is 0 Å². The van der Waals surface area contributed by atoms with Gasteiger partial charge in [0.25, 0.3) is 0 Å². The Balaban J connectivity index is 0.866. The molecule has 0 radical (unpaired) electrons. The van der Waals surface area contributed by atoms with Crippen LogP contribution in [0, 0.1) is 0 Å². The maximum atomic E-state index is 5.55. The molecule has 5 heteroatoms. The minimum atomic E-state index is 0.816. The van der Waals surface area contributed by atoms with Crippen LogP contribution in [0.1, 0.15) is 0 Å². The Bertz CT molecular complexity index is 4970. The third-order valence-corrected chi connectivity index (χ3v) is 16.3. The first-order chi connectivity index (χ1) is 43.1. The molecule has 0 aliphatic rings. The minimum absolute atomic E-state index is 0.816. The Morgan fingerprint density at radius 3 is 0.954 bits per heavy atom. The summed E-state index contributed by atoms with van der Waals surface area (Å²) < 4.78 is 0. The fourth-order valence-electron chi connectivity index (χ4n) is 12.0. The number of nitrogens with zero attached hydrogens (tertiary/aromatic N) is 5. The quantitative estimate of drug-likeness (QED) is 0.115. The Morgan fingerprint density at radius 2 is 0.471 bits per heavy atom. The van der Waals surface area contributed by atoms with Crippen LogP contribution in [0.25, 0.3) is 134 Å². The topological polar surface area (TPSA) is 54.8 Å². The summed E-state index contributed by atoms with van der Waals surface area (Å²) in [5.41, 5.74) is 26.9. The van der Waals surface area contributed by atoms with Crippen molar-refractivity contribution in [2.45, 2.75) is 0 Å². The molecule has 0 atom stereocenters. The highest BCUT2D eigenvalue weighted by Crippen LogP contribution is 2.45. The highest BCUT2D eigenvalue weighted by molar-refractivity contribution is 5.98. The van der Waals surface area contributed by atoms with E-state index < -0.39 is 0 Å².